The zero-order valence-electron chi connectivity index (χ0n) is 15.9. The second-order valence-electron chi connectivity index (χ2n) is 8.03. The molecule has 2 heterocycles. The molecule has 3 nitrogen and oxygen atoms in total. The molecule has 0 saturated carbocycles. The number of carbonyl (C=O) groups excluding carboxylic acids is 1. The van der Waals surface area contributed by atoms with Gasteiger partial charge in [-0.15, -0.1) is 0 Å². The standard InChI is InChI=1S/C24H24FNO2/c25-19-5-3-10-26(14-19)11-9-16-7-8-21-18(12-16)15-28-24(21)23-20-6-2-1-4-17(20)13-22(23)27/h1-2,4,6-8,12,19H,3,5,9-11,13-15H2/b24-23+. The molecule has 1 unspecified atom stereocenters. The molecule has 2 aliphatic heterocycles. The van der Waals surface area contributed by atoms with E-state index in [0.717, 1.165) is 59.5 Å². The SMILES string of the molecule is O=C1Cc2ccccc2/C1=C1\OCc2cc(CCN3CCCC(F)C3)ccc21. The van der Waals surface area contributed by atoms with E-state index in [1.165, 1.54) is 5.56 Å². The van der Waals surface area contributed by atoms with Crippen molar-refractivity contribution in [3.8, 4) is 0 Å². The fraction of sp³-hybridized carbons (Fsp3) is 0.375. The minimum atomic E-state index is -0.678. The van der Waals surface area contributed by atoms with Gasteiger partial charge in [-0.2, -0.15) is 0 Å². The van der Waals surface area contributed by atoms with Crippen LogP contribution in [0.5, 0.6) is 0 Å². The quantitative estimate of drug-likeness (QED) is 0.752. The molecule has 1 atom stereocenters. The lowest BCUT2D eigenvalue weighted by atomic mass is 9.98. The zero-order chi connectivity index (χ0) is 19.1. The maximum Gasteiger partial charge on any atom is 0.171 e. The molecule has 2 aromatic carbocycles. The van der Waals surface area contributed by atoms with Crippen molar-refractivity contribution < 1.29 is 13.9 Å². The van der Waals surface area contributed by atoms with E-state index in [0.29, 0.717) is 26.0 Å². The number of alkyl halides is 1. The van der Waals surface area contributed by atoms with Gasteiger partial charge in [-0.05, 0) is 42.5 Å². The number of ether oxygens (including phenoxy) is 1. The summed E-state index contributed by atoms with van der Waals surface area (Å²) in [6.45, 7) is 2.95. The molecule has 1 aliphatic carbocycles. The molecule has 3 aliphatic rings. The number of nitrogens with zero attached hydrogens (tertiary/aromatic N) is 1. The Bertz CT molecular complexity index is 965. The zero-order valence-corrected chi connectivity index (χ0v) is 15.9. The monoisotopic (exact) mass is 377 g/mol. The summed E-state index contributed by atoms with van der Waals surface area (Å²) < 4.78 is 19.6. The van der Waals surface area contributed by atoms with Gasteiger partial charge in [0.2, 0.25) is 0 Å². The third-order valence-corrected chi connectivity index (χ3v) is 6.09. The number of fused-ring (bicyclic) bond motifs is 2. The first kappa shape index (κ1) is 17.6. The molecule has 0 bridgehead atoms. The number of benzene rings is 2. The molecule has 2 aromatic rings. The number of Topliss-reactive ketones (excluding diaryl/α,β-unsaturated/α-hetero) is 1. The van der Waals surface area contributed by atoms with Crippen molar-refractivity contribution in [1.29, 1.82) is 0 Å². The lowest BCUT2D eigenvalue weighted by Gasteiger charge is -2.28. The van der Waals surface area contributed by atoms with Gasteiger partial charge in [0, 0.05) is 30.6 Å². The number of halogens is 1. The molecule has 1 saturated heterocycles. The van der Waals surface area contributed by atoms with Crippen LogP contribution in [0.25, 0.3) is 11.3 Å². The normalized spacial score (nSPS) is 24.2. The van der Waals surface area contributed by atoms with E-state index in [4.69, 9.17) is 4.74 Å². The van der Waals surface area contributed by atoms with Crippen LogP contribution in [0.15, 0.2) is 42.5 Å². The van der Waals surface area contributed by atoms with Crippen LogP contribution in [0, 0.1) is 0 Å². The topological polar surface area (TPSA) is 29.5 Å². The molecular weight excluding hydrogens is 353 g/mol. The highest BCUT2D eigenvalue weighted by Gasteiger charge is 2.32. The number of hydrogen-bond donors (Lipinski definition) is 0. The molecule has 5 rings (SSSR count). The minimum absolute atomic E-state index is 0.138. The van der Waals surface area contributed by atoms with Crippen LogP contribution in [0.4, 0.5) is 4.39 Å². The van der Waals surface area contributed by atoms with Gasteiger partial charge in [0.1, 0.15) is 18.5 Å². The molecule has 144 valence electrons. The Morgan fingerprint density at radius 2 is 2.00 bits per heavy atom. The summed E-state index contributed by atoms with van der Waals surface area (Å²) in [5.74, 6) is 0.867. The second-order valence-corrected chi connectivity index (χ2v) is 8.03. The Hall–Kier alpha value is -2.46. The second kappa shape index (κ2) is 7.17. The van der Waals surface area contributed by atoms with Crippen molar-refractivity contribution in [1.82, 2.24) is 4.90 Å². The van der Waals surface area contributed by atoms with Crippen LogP contribution < -0.4 is 0 Å². The largest absolute Gasteiger partial charge is 0.487 e. The van der Waals surface area contributed by atoms with Gasteiger partial charge >= 0.3 is 0 Å². The van der Waals surface area contributed by atoms with E-state index >= 15 is 0 Å². The molecule has 0 radical (unpaired) electrons. The van der Waals surface area contributed by atoms with Gasteiger partial charge in [-0.3, -0.25) is 4.79 Å². The number of rotatable bonds is 3. The Morgan fingerprint density at radius 1 is 1.11 bits per heavy atom. The van der Waals surface area contributed by atoms with Crippen molar-refractivity contribution in [3.05, 3.63) is 70.3 Å². The molecule has 28 heavy (non-hydrogen) atoms. The number of hydrogen-bond acceptors (Lipinski definition) is 3. The van der Waals surface area contributed by atoms with Crippen molar-refractivity contribution in [2.75, 3.05) is 19.6 Å². The van der Waals surface area contributed by atoms with E-state index < -0.39 is 6.17 Å². The molecular formula is C24H24FNO2. The number of likely N-dealkylation sites (tertiary alicyclic amines) is 1. The van der Waals surface area contributed by atoms with Crippen molar-refractivity contribution in [2.24, 2.45) is 0 Å². The molecule has 0 N–H and O–H groups in total. The number of ketones is 1. The third kappa shape index (κ3) is 3.16. The highest BCUT2D eigenvalue weighted by Crippen LogP contribution is 2.40. The summed E-state index contributed by atoms with van der Waals surface area (Å²) in [7, 11) is 0. The number of carbonyl (C=O) groups is 1. The Kier molecular flexibility index (Phi) is 4.52. The maximum atomic E-state index is 13.6. The first-order valence-electron chi connectivity index (χ1n) is 10.2. The average Bonchev–Trinajstić information content (AvgIpc) is 3.25. The van der Waals surface area contributed by atoms with E-state index in [2.05, 4.69) is 23.1 Å². The van der Waals surface area contributed by atoms with Gasteiger partial charge in [0.25, 0.3) is 0 Å². The summed E-state index contributed by atoms with van der Waals surface area (Å²) >= 11 is 0. The van der Waals surface area contributed by atoms with E-state index in [9.17, 15) is 9.18 Å². The summed E-state index contributed by atoms with van der Waals surface area (Å²) in [5.41, 5.74) is 6.23. The van der Waals surface area contributed by atoms with Gasteiger partial charge in [-0.25, -0.2) is 4.39 Å². The van der Waals surface area contributed by atoms with Gasteiger partial charge in [-0.1, -0.05) is 42.5 Å². The van der Waals surface area contributed by atoms with E-state index in [1.807, 2.05) is 24.3 Å². The first-order valence-corrected chi connectivity index (χ1v) is 10.2. The predicted octanol–water partition coefficient (Wildman–Crippen LogP) is 4.19. The molecule has 0 spiro atoms. The Balaban J connectivity index is 1.38. The fourth-order valence-electron chi connectivity index (χ4n) is 4.65. The number of piperidine rings is 1. The Labute approximate surface area is 164 Å². The summed E-state index contributed by atoms with van der Waals surface area (Å²) in [6.07, 6.45) is 2.34. The lowest BCUT2D eigenvalue weighted by Crippen LogP contribution is -2.37. The smallest absolute Gasteiger partial charge is 0.171 e. The summed E-state index contributed by atoms with van der Waals surface area (Å²) in [6, 6.07) is 14.4. The molecule has 0 amide bonds. The van der Waals surface area contributed by atoms with E-state index in [1.54, 1.807) is 0 Å². The van der Waals surface area contributed by atoms with Crippen LogP contribution >= 0.6 is 0 Å². The summed E-state index contributed by atoms with van der Waals surface area (Å²) in [5, 5.41) is 0. The van der Waals surface area contributed by atoms with E-state index in [-0.39, 0.29) is 5.78 Å². The van der Waals surface area contributed by atoms with Crippen LogP contribution in [0.1, 0.15) is 40.7 Å². The fourth-order valence-corrected chi connectivity index (χ4v) is 4.65. The first-order chi connectivity index (χ1) is 13.7. The third-order valence-electron chi connectivity index (χ3n) is 6.09. The van der Waals surface area contributed by atoms with Gasteiger partial charge < -0.3 is 9.64 Å². The highest BCUT2D eigenvalue weighted by molar-refractivity contribution is 6.31. The predicted molar refractivity (Wildman–Crippen MR) is 107 cm³/mol. The van der Waals surface area contributed by atoms with Crippen molar-refractivity contribution in [2.45, 2.75) is 38.5 Å². The van der Waals surface area contributed by atoms with Crippen LogP contribution in [-0.4, -0.2) is 36.5 Å². The lowest BCUT2D eigenvalue weighted by molar-refractivity contribution is -0.112. The molecule has 4 heteroatoms. The van der Waals surface area contributed by atoms with Crippen LogP contribution in [-0.2, 0) is 29.0 Å². The Morgan fingerprint density at radius 3 is 2.89 bits per heavy atom. The number of allylic oxidation sites excluding steroid dienone is 1. The van der Waals surface area contributed by atoms with Crippen molar-refractivity contribution in [3.63, 3.8) is 0 Å². The molecule has 0 aromatic heterocycles. The van der Waals surface area contributed by atoms with Crippen LogP contribution in [0.3, 0.4) is 0 Å². The van der Waals surface area contributed by atoms with Gasteiger partial charge in [0.15, 0.2) is 5.78 Å². The van der Waals surface area contributed by atoms with Crippen LogP contribution in [0.2, 0.25) is 0 Å². The van der Waals surface area contributed by atoms with Crippen molar-refractivity contribution >= 4 is 17.1 Å². The molecule has 1 fully saturated rings. The maximum absolute atomic E-state index is 13.6. The van der Waals surface area contributed by atoms with Gasteiger partial charge in [0.05, 0.1) is 5.57 Å². The summed E-state index contributed by atoms with van der Waals surface area (Å²) in [4.78, 5) is 14.8. The minimum Gasteiger partial charge on any atom is -0.487 e. The average molecular weight is 377 g/mol. The highest BCUT2D eigenvalue weighted by atomic mass is 19.1.